The summed E-state index contributed by atoms with van der Waals surface area (Å²) in [5.41, 5.74) is 0. The zero-order chi connectivity index (χ0) is 10.7. The van der Waals surface area contributed by atoms with Crippen molar-refractivity contribution >= 4 is 11.6 Å². The summed E-state index contributed by atoms with van der Waals surface area (Å²) in [5, 5.41) is 4.16. The molecule has 1 N–H and O–H groups in total. The Bertz CT molecular complexity index is 306. The molecule has 0 aliphatic heterocycles. The normalized spacial score (nSPS) is 24.7. The van der Waals surface area contributed by atoms with E-state index in [0.717, 1.165) is 30.2 Å². The van der Waals surface area contributed by atoms with Gasteiger partial charge < -0.3 is 10.1 Å². The Morgan fingerprint density at radius 3 is 2.60 bits per heavy atom. The van der Waals surface area contributed by atoms with Gasteiger partial charge >= 0.3 is 0 Å². The SMILES string of the molecule is CCNC1CC(Oc2ccc(Cl)cc2)C1. The maximum absolute atomic E-state index is 5.79. The molecule has 0 atom stereocenters. The van der Waals surface area contributed by atoms with Crippen molar-refractivity contribution in [3.8, 4) is 5.75 Å². The minimum atomic E-state index is 0.371. The molecule has 1 aliphatic rings. The van der Waals surface area contributed by atoms with Crippen molar-refractivity contribution in [1.82, 2.24) is 5.32 Å². The van der Waals surface area contributed by atoms with Gasteiger partial charge in [-0.15, -0.1) is 0 Å². The largest absolute Gasteiger partial charge is 0.490 e. The number of hydrogen-bond acceptors (Lipinski definition) is 2. The molecule has 1 aromatic carbocycles. The van der Waals surface area contributed by atoms with Crippen LogP contribution >= 0.6 is 11.6 Å². The van der Waals surface area contributed by atoms with Gasteiger partial charge in [0.2, 0.25) is 0 Å². The minimum Gasteiger partial charge on any atom is -0.490 e. The molecule has 0 unspecified atom stereocenters. The molecular weight excluding hydrogens is 210 g/mol. The van der Waals surface area contributed by atoms with Crippen LogP contribution in [0, 0.1) is 0 Å². The van der Waals surface area contributed by atoms with Crippen LogP contribution < -0.4 is 10.1 Å². The summed E-state index contributed by atoms with van der Waals surface area (Å²) in [4.78, 5) is 0. The van der Waals surface area contributed by atoms with E-state index >= 15 is 0 Å². The Hall–Kier alpha value is -0.730. The van der Waals surface area contributed by atoms with Crippen LogP contribution in [0.3, 0.4) is 0 Å². The van der Waals surface area contributed by atoms with Crippen LogP contribution in [0.1, 0.15) is 19.8 Å². The number of halogens is 1. The fourth-order valence-electron chi connectivity index (χ4n) is 1.82. The lowest BCUT2D eigenvalue weighted by atomic mass is 9.89. The first-order chi connectivity index (χ1) is 7.28. The Kier molecular flexibility index (Phi) is 3.49. The lowest BCUT2D eigenvalue weighted by molar-refractivity contribution is 0.0859. The third-order valence-electron chi connectivity index (χ3n) is 2.70. The molecule has 82 valence electrons. The van der Waals surface area contributed by atoms with Crippen LogP contribution in [0.15, 0.2) is 24.3 Å². The summed E-state index contributed by atoms with van der Waals surface area (Å²) in [7, 11) is 0. The summed E-state index contributed by atoms with van der Waals surface area (Å²) >= 11 is 5.79. The van der Waals surface area contributed by atoms with Crippen molar-refractivity contribution in [3.05, 3.63) is 29.3 Å². The topological polar surface area (TPSA) is 21.3 Å². The monoisotopic (exact) mass is 225 g/mol. The molecule has 1 aromatic rings. The quantitative estimate of drug-likeness (QED) is 0.851. The van der Waals surface area contributed by atoms with E-state index in [2.05, 4.69) is 12.2 Å². The average molecular weight is 226 g/mol. The zero-order valence-electron chi connectivity index (χ0n) is 8.87. The molecule has 0 spiro atoms. The summed E-state index contributed by atoms with van der Waals surface area (Å²) in [6, 6.07) is 8.20. The molecule has 1 aliphatic carbocycles. The summed E-state index contributed by atoms with van der Waals surface area (Å²) in [5.74, 6) is 0.916. The van der Waals surface area contributed by atoms with E-state index in [1.807, 2.05) is 24.3 Å². The van der Waals surface area contributed by atoms with Gasteiger partial charge in [0.15, 0.2) is 0 Å². The van der Waals surface area contributed by atoms with Crippen LogP contribution in [-0.2, 0) is 0 Å². The first-order valence-corrected chi connectivity index (χ1v) is 5.81. The summed E-state index contributed by atoms with van der Waals surface area (Å²) in [6.45, 7) is 3.17. The lowest BCUT2D eigenvalue weighted by Gasteiger charge is -2.35. The van der Waals surface area contributed by atoms with E-state index in [4.69, 9.17) is 16.3 Å². The van der Waals surface area contributed by atoms with Gasteiger partial charge in [0.25, 0.3) is 0 Å². The maximum Gasteiger partial charge on any atom is 0.119 e. The minimum absolute atomic E-state index is 0.371. The van der Waals surface area contributed by atoms with Gasteiger partial charge in [-0.1, -0.05) is 18.5 Å². The molecule has 0 amide bonds. The summed E-state index contributed by atoms with van der Waals surface area (Å²) < 4.78 is 5.78. The van der Waals surface area contributed by atoms with Crippen molar-refractivity contribution in [3.63, 3.8) is 0 Å². The molecule has 0 aromatic heterocycles. The molecule has 0 radical (unpaired) electrons. The standard InChI is InChI=1S/C12H16ClNO/c1-2-14-10-7-12(8-10)15-11-5-3-9(13)4-6-11/h3-6,10,12,14H,2,7-8H2,1H3. The highest BCUT2D eigenvalue weighted by Crippen LogP contribution is 2.26. The second kappa shape index (κ2) is 4.86. The molecule has 0 heterocycles. The second-order valence-corrected chi connectivity index (χ2v) is 4.36. The fourth-order valence-corrected chi connectivity index (χ4v) is 1.95. The Labute approximate surface area is 95.6 Å². The molecular formula is C12H16ClNO. The van der Waals surface area contributed by atoms with Crippen molar-refractivity contribution in [2.45, 2.75) is 31.9 Å². The number of ether oxygens (including phenoxy) is 1. The van der Waals surface area contributed by atoms with Crippen molar-refractivity contribution in [2.75, 3.05) is 6.54 Å². The average Bonchev–Trinajstić information content (AvgIpc) is 2.18. The van der Waals surface area contributed by atoms with Crippen LogP contribution in [0.4, 0.5) is 0 Å². The van der Waals surface area contributed by atoms with Crippen molar-refractivity contribution in [2.24, 2.45) is 0 Å². The summed E-state index contributed by atoms with van der Waals surface area (Å²) in [6.07, 6.45) is 2.59. The van der Waals surface area contributed by atoms with Crippen molar-refractivity contribution in [1.29, 1.82) is 0 Å². The van der Waals surface area contributed by atoms with Crippen LogP contribution in [0.5, 0.6) is 5.75 Å². The van der Waals surface area contributed by atoms with E-state index in [9.17, 15) is 0 Å². The second-order valence-electron chi connectivity index (χ2n) is 3.92. The van der Waals surface area contributed by atoms with Crippen LogP contribution in [0.2, 0.25) is 5.02 Å². The number of nitrogens with one attached hydrogen (secondary N) is 1. The molecule has 2 nitrogen and oxygen atoms in total. The Morgan fingerprint density at radius 1 is 1.33 bits per heavy atom. The van der Waals surface area contributed by atoms with E-state index < -0.39 is 0 Å². The lowest BCUT2D eigenvalue weighted by Crippen LogP contribution is -2.46. The first kappa shape index (κ1) is 10.8. The number of hydrogen-bond donors (Lipinski definition) is 1. The van der Waals surface area contributed by atoms with E-state index in [1.165, 1.54) is 0 Å². The smallest absolute Gasteiger partial charge is 0.119 e. The Balaban J connectivity index is 1.77. The zero-order valence-corrected chi connectivity index (χ0v) is 9.63. The predicted octanol–water partition coefficient (Wildman–Crippen LogP) is 2.86. The Morgan fingerprint density at radius 2 is 2.00 bits per heavy atom. The van der Waals surface area contributed by atoms with E-state index in [1.54, 1.807) is 0 Å². The highest BCUT2D eigenvalue weighted by atomic mass is 35.5. The molecule has 0 saturated heterocycles. The van der Waals surface area contributed by atoms with Gasteiger partial charge in [0, 0.05) is 11.1 Å². The van der Waals surface area contributed by atoms with Crippen LogP contribution in [-0.4, -0.2) is 18.7 Å². The predicted molar refractivity (Wildman–Crippen MR) is 62.6 cm³/mol. The third kappa shape index (κ3) is 2.86. The van der Waals surface area contributed by atoms with Gasteiger partial charge in [-0.05, 0) is 43.7 Å². The molecule has 3 heteroatoms. The molecule has 2 rings (SSSR count). The van der Waals surface area contributed by atoms with Gasteiger partial charge in [0.05, 0.1) is 0 Å². The van der Waals surface area contributed by atoms with Crippen molar-refractivity contribution < 1.29 is 4.74 Å². The highest BCUT2D eigenvalue weighted by Gasteiger charge is 2.29. The van der Waals surface area contributed by atoms with Crippen LogP contribution in [0.25, 0.3) is 0 Å². The fraction of sp³-hybridized carbons (Fsp3) is 0.500. The molecule has 1 fully saturated rings. The third-order valence-corrected chi connectivity index (χ3v) is 2.96. The first-order valence-electron chi connectivity index (χ1n) is 5.43. The van der Waals surface area contributed by atoms with Gasteiger partial charge in [0.1, 0.15) is 11.9 Å². The van der Waals surface area contributed by atoms with E-state index in [0.29, 0.717) is 12.1 Å². The number of rotatable bonds is 4. The van der Waals surface area contributed by atoms with E-state index in [-0.39, 0.29) is 0 Å². The molecule has 1 saturated carbocycles. The maximum atomic E-state index is 5.79. The van der Waals surface area contributed by atoms with Gasteiger partial charge in [-0.2, -0.15) is 0 Å². The van der Waals surface area contributed by atoms with Gasteiger partial charge in [-0.3, -0.25) is 0 Å². The molecule has 0 bridgehead atoms. The van der Waals surface area contributed by atoms with Gasteiger partial charge in [-0.25, -0.2) is 0 Å². The number of benzene rings is 1. The highest BCUT2D eigenvalue weighted by molar-refractivity contribution is 6.30. The molecule has 15 heavy (non-hydrogen) atoms.